The summed E-state index contributed by atoms with van der Waals surface area (Å²) < 4.78 is 29.3. The lowest BCUT2D eigenvalue weighted by Crippen LogP contribution is -2.14. The fraction of sp³-hybridized carbons (Fsp3) is 0.250. The molecule has 1 N–H and O–H groups in total. The zero-order valence-corrected chi connectivity index (χ0v) is 16.7. The third kappa shape index (κ3) is 5.34. The number of benzene rings is 2. The second kappa shape index (κ2) is 8.59. The second-order valence-corrected chi connectivity index (χ2v) is 8.50. The van der Waals surface area contributed by atoms with Gasteiger partial charge in [-0.3, -0.25) is 9.40 Å². The van der Waals surface area contributed by atoms with E-state index in [9.17, 15) is 8.42 Å². The molecule has 0 atom stereocenters. The summed E-state index contributed by atoms with van der Waals surface area (Å²) in [5.74, 6) is 0.291. The van der Waals surface area contributed by atoms with Crippen LogP contribution >= 0.6 is 11.6 Å². The van der Waals surface area contributed by atoms with Crippen LogP contribution in [0.1, 0.15) is 30.9 Å². The molecule has 0 aliphatic carbocycles. The molecule has 0 aliphatic rings. The van der Waals surface area contributed by atoms with Gasteiger partial charge in [0, 0.05) is 17.3 Å². The van der Waals surface area contributed by atoms with Gasteiger partial charge in [0.2, 0.25) is 0 Å². The van der Waals surface area contributed by atoms with Crippen molar-refractivity contribution < 1.29 is 8.42 Å². The van der Waals surface area contributed by atoms with Crippen molar-refractivity contribution in [2.45, 2.75) is 37.6 Å². The van der Waals surface area contributed by atoms with E-state index in [4.69, 9.17) is 11.6 Å². The number of halogens is 1. The minimum absolute atomic E-state index is 0.231. The number of aromatic nitrogens is 2. The van der Waals surface area contributed by atoms with E-state index in [0.717, 1.165) is 30.4 Å². The van der Waals surface area contributed by atoms with Crippen LogP contribution in [-0.4, -0.2) is 18.2 Å². The van der Waals surface area contributed by atoms with Gasteiger partial charge in [-0.15, -0.1) is 0 Å². The van der Waals surface area contributed by atoms with E-state index in [2.05, 4.69) is 16.7 Å². The highest BCUT2D eigenvalue weighted by molar-refractivity contribution is 7.92. The van der Waals surface area contributed by atoms with Crippen LogP contribution in [0.5, 0.6) is 0 Å². The summed E-state index contributed by atoms with van der Waals surface area (Å²) in [6, 6.07) is 16.1. The molecule has 0 radical (unpaired) electrons. The summed E-state index contributed by atoms with van der Waals surface area (Å²) in [5.41, 5.74) is 2.17. The Morgan fingerprint density at radius 3 is 2.33 bits per heavy atom. The van der Waals surface area contributed by atoms with Crippen molar-refractivity contribution in [1.82, 2.24) is 9.78 Å². The van der Waals surface area contributed by atoms with Gasteiger partial charge in [-0.1, -0.05) is 49.2 Å². The normalized spacial score (nSPS) is 11.5. The maximum Gasteiger partial charge on any atom is 0.263 e. The first kappa shape index (κ1) is 19.5. The van der Waals surface area contributed by atoms with Gasteiger partial charge in [-0.05, 0) is 48.2 Å². The molecule has 142 valence electrons. The average molecular weight is 404 g/mol. The summed E-state index contributed by atoms with van der Waals surface area (Å²) in [7, 11) is -3.66. The third-order valence-corrected chi connectivity index (χ3v) is 5.81. The molecule has 0 unspecified atom stereocenters. The Bertz CT molecular complexity index is 981. The summed E-state index contributed by atoms with van der Waals surface area (Å²) in [6.07, 6.45) is 4.90. The second-order valence-electron chi connectivity index (χ2n) is 6.38. The molecule has 0 aliphatic heterocycles. The van der Waals surface area contributed by atoms with Crippen LogP contribution in [-0.2, 0) is 23.0 Å². The fourth-order valence-corrected chi connectivity index (χ4v) is 3.82. The Hall–Kier alpha value is -2.31. The first-order valence-electron chi connectivity index (χ1n) is 8.86. The molecule has 7 heteroatoms. The van der Waals surface area contributed by atoms with Gasteiger partial charge in [0.25, 0.3) is 10.0 Å². The Morgan fingerprint density at radius 1 is 1.00 bits per heavy atom. The number of nitrogens with zero attached hydrogens (tertiary/aromatic N) is 2. The lowest BCUT2D eigenvalue weighted by atomic mass is 10.1. The predicted octanol–water partition coefficient (Wildman–Crippen LogP) is 4.73. The Kier molecular flexibility index (Phi) is 6.19. The molecule has 0 fully saturated rings. The molecule has 1 aromatic heterocycles. The molecule has 0 saturated heterocycles. The Labute approximate surface area is 165 Å². The van der Waals surface area contributed by atoms with Crippen molar-refractivity contribution in [3.8, 4) is 0 Å². The average Bonchev–Trinajstić information content (AvgIpc) is 3.08. The molecule has 3 aromatic rings. The molecule has 0 bridgehead atoms. The molecule has 2 aromatic carbocycles. The van der Waals surface area contributed by atoms with Crippen LogP contribution in [0, 0.1) is 0 Å². The van der Waals surface area contributed by atoms with E-state index in [-0.39, 0.29) is 4.90 Å². The van der Waals surface area contributed by atoms with Gasteiger partial charge in [-0.25, -0.2) is 8.42 Å². The van der Waals surface area contributed by atoms with Gasteiger partial charge in [0.05, 0.1) is 11.4 Å². The molecule has 3 rings (SSSR count). The van der Waals surface area contributed by atoms with Crippen LogP contribution < -0.4 is 4.72 Å². The number of anilines is 1. The van der Waals surface area contributed by atoms with Crippen molar-refractivity contribution in [2.75, 3.05) is 4.72 Å². The zero-order valence-electron chi connectivity index (χ0n) is 15.1. The quantitative estimate of drug-likeness (QED) is 0.591. The van der Waals surface area contributed by atoms with Crippen LogP contribution in [0.2, 0.25) is 5.02 Å². The van der Waals surface area contributed by atoms with Crippen molar-refractivity contribution in [2.24, 2.45) is 0 Å². The van der Waals surface area contributed by atoms with Crippen LogP contribution in [0.15, 0.2) is 65.7 Å². The minimum Gasteiger partial charge on any atom is -0.266 e. The van der Waals surface area contributed by atoms with Gasteiger partial charge in [-0.2, -0.15) is 5.10 Å². The lowest BCUT2D eigenvalue weighted by Gasteiger charge is -2.07. The molecule has 27 heavy (non-hydrogen) atoms. The Morgan fingerprint density at radius 2 is 1.67 bits per heavy atom. The highest BCUT2D eigenvalue weighted by Gasteiger charge is 2.15. The number of unbranched alkanes of at least 4 members (excludes halogenated alkanes) is 1. The van der Waals surface area contributed by atoms with Crippen LogP contribution in [0.4, 0.5) is 5.82 Å². The van der Waals surface area contributed by atoms with E-state index >= 15 is 0 Å². The molecule has 0 amide bonds. The van der Waals surface area contributed by atoms with Crippen molar-refractivity contribution >= 4 is 27.4 Å². The van der Waals surface area contributed by atoms with E-state index in [0.29, 0.717) is 17.4 Å². The number of sulfonamides is 1. The lowest BCUT2D eigenvalue weighted by molar-refractivity contribution is 0.600. The standard InChI is InChI=1S/C20H22ClN3O2S/c1-2-3-4-16-7-11-19(12-8-16)27(25,26)23-20-13-14-24(22-20)15-17-5-9-18(21)10-6-17/h5-14H,2-4,15H2,1H3,(H,22,23). The molecule has 0 saturated carbocycles. The molecular weight excluding hydrogens is 382 g/mol. The van der Waals surface area contributed by atoms with Crippen molar-refractivity contribution in [1.29, 1.82) is 0 Å². The smallest absolute Gasteiger partial charge is 0.263 e. The van der Waals surface area contributed by atoms with Gasteiger partial charge in [0.15, 0.2) is 5.82 Å². The fourth-order valence-electron chi connectivity index (χ4n) is 2.69. The summed E-state index contributed by atoms with van der Waals surface area (Å²) in [6.45, 7) is 2.67. The number of hydrogen-bond acceptors (Lipinski definition) is 3. The molecular formula is C20H22ClN3O2S. The van der Waals surface area contributed by atoms with E-state index < -0.39 is 10.0 Å². The number of nitrogens with one attached hydrogen (secondary N) is 1. The largest absolute Gasteiger partial charge is 0.266 e. The molecule has 0 spiro atoms. The van der Waals surface area contributed by atoms with E-state index in [1.807, 2.05) is 36.4 Å². The zero-order chi connectivity index (χ0) is 19.3. The Balaban J connectivity index is 1.67. The molecule has 5 nitrogen and oxygen atoms in total. The highest BCUT2D eigenvalue weighted by atomic mass is 35.5. The van der Waals surface area contributed by atoms with Crippen LogP contribution in [0.25, 0.3) is 0 Å². The maximum absolute atomic E-state index is 12.6. The van der Waals surface area contributed by atoms with Gasteiger partial charge < -0.3 is 0 Å². The first-order valence-corrected chi connectivity index (χ1v) is 10.7. The minimum atomic E-state index is -3.66. The molecule has 1 heterocycles. The van der Waals surface area contributed by atoms with E-state index in [1.165, 1.54) is 0 Å². The number of hydrogen-bond donors (Lipinski definition) is 1. The van der Waals surface area contributed by atoms with Gasteiger partial charge in [0.1, 0.15) is 0 Å². The van der Waals surface area contributed by atoms with Crippen LogP contribution in [0.3, 0.4) is 0 Å². The highest BCUT2D eigenvalue weighted by Crippen LogP contribution is 2.17. The number of aryl methyl sites for hydroxylation is 1. The van der Waals surface area contributed by atoms with Crippen molar-refractivity contribution in [3.05, 3.63) is 76.9 Å². The summed E-state index contributed by atoms with van der Waals surface area (Å²) in [5, 5.41) is 4.96. The van der Waals surface area contributed by atoms with Gasteiger partial charge >= 0.3 is 0 Å². The van der Waals surface area contributed by atoms with E-state index in [1.54, 1.807) is 29.1 Å². The van der Waals surface area contributed by atoms with Crippen molar-refractivity contribution in [3.63, 3.8) is 0 Å². The summed E-state index contributed by atoms with van der Waals surface area (Å²) in [4.78, 5) is 0.231. The number of rotatable bonds is 8. The third-order valence-electron chi connectivity index (χ3n) is 4.19. The topological polar surface area (TPSA) is 64.0 Å². The monoisotopic (exact) mass is 403 g/mol. The first-order chi connectivity index (χ1) is 13.0. The SMILES string of the molecule is CCCCc1ccc(S(=O)(=O)Nc2ccn(Cc3ccc(Cl)cc3)n2)cc1. The predicted molar refractivity (Wildman–Crippen MR) is 109 cm³/mol. The summed E-state index contributed by atoms with van der Waals surface area (Å²) >= 11 is 5.89. The maximum atomic E-state index is 12.6.